The first-order valence-electron chi connectivity index (χ1n) is 9.93. The predicted octanol–water partition coefficient (Wildman–Crippen LogP) is 1.89. The summed E-state index contributed by atoms with van der Waals surface area (Å²) in [6, 6.07) is 12.6. The molecule has 9 nitrogen and oxygen atoms in total. The minimum Gasteiger partial charge on any atom is -0.338 e. The van der Waals surface area contributed by atoms with E-state index in [4.69, 9.17) is 0 Å². The number of aromatic nitrogens is 4. The van der Waals surface area contributed by atoms with Crippen LogP contribution in [0.1, 0.15) is 5.56 Å². The highest BCUT2D eigenvalue weighted by atomic mass is 32.2. The molecule has 0 atom stereocenters. The molecule has 1 aliphatic rings. The second-order valence-corrected chi connectivity index (χ2v) is 9.26. The number of rotatable bonds is 5. The summed E-state index contributed by atoms with van der Waals surface area (Å²) in [5, 5.41) is 11.5. The maximum absolute atomic E-state index is 12.9. The van der Waals surface area contributed by atoms with Crippen LogP contribution in [-0.2, 0) is 27.5 Å². The molecule has 0 saturated carbocycles. The van der Waals surface area contributed by atoms with Crippen molar-refractivity contribution in [2.75, 3.05) is 26.2 Å². The molecule has 1 aliphatic heterocycles. The van der Waals surface area contributed by atoms with Gasteiger partial charge in [0.25, 0.3) is 0 Å². The van der Waals surface area contributed by atoms with Gasteiger partial charge in [-0.2, -0.15) is 22.3 Å². The van der Waals surface area contributed by atoms with Crippen LogP contribution >= 0.6 is 0 Å². The van der Waals surface area contributed by atoms with Crippen molar-refractivity contribution in [3.63, 3.8) is 0 Å². The van der Waals surface area contributed by atoms with Gasteiger partial charge < -0.3 is 4.90 Å². The molecule has 4 rings (SSSR count). The Balaban J connectivity index is 1.37. The van der Waals surface area contributed by atoms with Crippen LogP contribution in [0.4, 0.5) is 13.2 Å². The molecule has 3 aromatic rings. The normalized spacial score (nSPS) is 15.5. The second kappa shape index (κ2) is 8.90. The van der Waals surface area contributed by atoms with Crippen LogP contribution in [0.3, 0.4) is 0 Å². The average molecular weight is 480 g/mol. The topological polar surface area (TPSA) is 101 Å². The number of carbonyl (C=O) groups excluding carboxylic acids is 1. The monoisotopic (exact) mass is 480 g/mol. The highest BCUT2D eigenvalue weighted by Crippen LogP contribution is 2.31. The molecule has 1 fully saturated rings. The first-order chi connectivity index (χ1) is 15.6. The lowest BCUT2D eigenvalue weighted by Gasteiger charge is -2.33. The number of benzene rings is 2. The lowest BCUT2D eigenvalue weighted by molar-refractivity contribution is -0.137. The second-order valence-electron chi connectivity index (χ2n) is 7.32. The molecular weight excluding hydrogens is 461 g/mol. The van der Waals surface area contributed by atoms with Crippen LogP contribution in [0.15, 0.2) is 59.5 Å². The molecule has 13 heteroatoms. The molecule has 0 aliphatic carbocycles. The highest BCUT2D eigenvalue weighted by Gasteiger charge is 2.31. The fourth-order valence-electron chi connectivity index (χ4n) is 3.40. The molecule has 1 saturated heterocycles. The van der Waals surface area contributed by atoms with Crippen molar-refractivity contribution < 1.29 is 26.4 Å². The molecule has 1 aromatic heterocycles. The number of nitrogens with zero attached hydrogens (tertiary/aromatic N) is 6. The summed E-state index contributed by atoms with van der Waals surface area (Å²) in [6.07, 6.45) is -4.50. The molecule has 1 amide bonds. The van der Waals surface area contributed by atoms with Crippen LogP contribution in [0.2, 0.25) is 0 Å². The van der Waals surface area contributed by atoms with Gasteiger partial charge in [0, 0.05) is 31.7 Å². The molecule has 174 valence electrons. The lowest BCUT2D eigenvalue weighted by atomic mass is 10.1. The van der Waals surface area contributed by atoms with Crippen LogP contribution in [0.25, 0.3) is 11.4 Å². The number of hydrogen-bond donors (Lipinski definition) is 0. The molecule has 0 bridgehead atoms. The summed E-state index contributed by atoms with van der Waals surface area (Å²) in [7, 11) is -3.64. The molecule has 0 unspecified atom stereocenters. The molecule has 2 heterocycles. The van der Waals surface area contributed by atoms with Crippen molar-refractivity contribution >= 4 is 15.9 Å². The van der Waals surface area contributed by atoms with E-state index in [9.17, 15) is 26.4 Å². The first kappa shape index (κ1) is 22.9. The zero-order valence-electron chi connectivity index (χ0n) is 17.2. The smallest absolute Gasteiger partial charge is 0.338 e. The zero-order valence-corrected chi connectivity index (χ0v) is 18.0. The SMILES string of the molecule is O=C(Cn1nnc(-c2cccc(C(F)(F)F)c2)n1)N1CCN(S(=O)(=O)c2ccccc2)CC1. The largest absolute Gasteiger partial charge is 0.416 e. The Morgan fingerprint density at radius 1 is 0.970 bits per heavy atom. The van der Waals surface area contributed by atoms with Gasteiger partial charge in [-0.05, 0) is 29.5 Å². The van der Waals surface area contributed by atoms with E-state index < -0.39 is 21.8 Å². The van der Waals surface area contributed by atoms with E-state index in [1.807, 2.05) is 0 Å². The standard InChI is InChI=1S/C20H19F3N6O3S/c21-20(22,23)16-6-4-5-15(13-16)19-24-26-29(25-19)14-18(30)27-9-11-28(12-10-27)33(31,32)17-7-2-1-3-8-17/h1-8,13H,9-12,14H2. The average Bonchev–Trinajstić information content (AvgIpc) is 3.28. The number of amides is 1. The van der Waals surface area contributed by atoms with Crippen molar-refractivity contribution in [2.45, 2.75) is 17.6 Å². The van der Waals surface area contributed by atoms with Crippen molar-refractivity contribution in [1.29, 1.82) is 0 Å². The Bertz CT molecular complexity index is 1240. The predicted molar refractivity (Wildman–Crippen MR) is 110 cm³/mol. The third-order valence-corrected chi connectivity index (χ3v) is 7.06. The van der Waals surface area contributed by atoms with Crippen LogP contribution in [0.5, 0.6) is 0 Å². The molecule has 2 aromatic carbocycles. The van der Waals surface area contributed by atoms with Gasteiger partial charge in [0.2, 0.25) is 21.8 Å². The molecular formula is C20H19F3N6O3S. The van der Waals surface area contributed by atoms with E-state index >= 15 is 0 Å². The first-order valence-corrected chi connectivity index (χ1v) is 11.4. The van der Waals surface area contributed by atoms with Gasteiger partial charge in [-0.25, -0.2) is 8.42 Å². The Morgan fingerprint density at radius 3 is 2.33 bits per heavy atom. The Morgan fingerprint density at radius 2 is 1.67 bits per heavy atom. The van der Waals surface area contributed by atoms with Gasteiger partial charge in [-0.1, -0.05) is 30.3 Å². The minimum atomic E-state index is -4.50. The van der Waals surface area contributed by atoms with Gasteiger partial charge >= 0.3 is 6.18 Å². The maximum atomic E-state index is 12.9. The highest BCUT2D eigenvalue weighted by molar-refractivity contribution is 7.89. The summed E-state index contributed by atoms with van der Waals surface area (Å²) in [5.74, 6) is -0.382. The third kappa shape index (κ3) is 5.03. The molecule has 0 spiro atoms. The van der Waals surface area contributed by atoms with Crippen molar-refractivity contribution in [2.24, 2.45) is 0 Å². The fourth-order valence-corrected chi connectivity index (χ4v) is 4.84. The van der Waals surface area contributed by atoms with E-state index in [1.165, 1.54) is 33.5 Å². The third-order valence-electron chi connectivity index (χ3n) is 5.15. The fraction of sp³-hybridized carbons (Fsp3) is 0.300. The molecule has 0 N–H and O–H groups in total. The van der Waals surface area contributed by atoms with Gasteiger partial charge in [-0.15, -0.1) is 10.2 Å². The number of hydrogen-bond acceptors (Lipinski definition) is 6. The van der Waals surface area contributed by atoms with Crippen molar-refractivity contribution in [3.05, 3.63) is 60.2 Å². The number of tetrazole rings is 1. The summed E-state index contributed by atoms with van der Waals surface area (Å²) < 4.78 is 65.5. The van der Waals surface area contributed by atoms with Gasteiger partial charge in [0.05, 0.1) is 10.5 Å². The van der Waals surface area contributed by atoms with E-state index in [1.54, 1.807) is 18.2 Å². The summed E-state index contributed by atoms with van der Waals surface area (Å²) in [6.45, 7) is 0.407. The van der Waals surface area contributed by atoms with E-state index in [-0.39, 0.29) is 54.9 Å². The number of sulfonamides is 1. The number of piperazine rings is 1. The van der Waals surface area contributed by atoms with Gasteiger partial charge in [0.1, 0.15) is 6.54 Å². The Hall–Kier alpha value is -3.32. The number of alkyl halides is 3. The zero-order chi connectivity index (χ0) is 23.6. The van der Waals surface area contributed by atoms with Crippen LogP contribution in [0, 0.1) is 0 Å². The molecule has 33 heavy (non-hydrogen) atoms. The maximum Gasteiger partial charge on any atom is 0.416 e. The van der Waals surface area contributed by atoms with Gasteiger partial charge in [-0.3, -0.25) is 4.79 Å². The van der Waals surface area contributed by atoms with E-state index in [2.05, 4.69) is 15.4 Å². The Labute approximate surface area is 187 Å². The molecule has 0 radical (unpaired) electrons. The number of carbonyl (C=O) groups is 1. The van der Waals surface area contributed by atoms with E-state index in [0.29, 0.717) is 0 Å². The lowest BCUT2D eigenvalue weighted by Crippen LogP contribution is -2.51. The van der Waals surface area contributed by atoms with E-state index in [0.717, 1.165) is 16.9 Å². The van der Waals surface area contributed by atoms with Crippen molar-refractivity contribution in [3.8, 4) is 11.4 Å². The summed E-state index contributed by atoms with van der Waals surface area (Å²) in [5.41, 5.74) is -0.709. The minimum absolute atomic E-state index is 0.0346. The van der Waals surface area contributed by atoms with Crippen LogP contribution < -0.4 is 0 Å². The Kier molecular flexibility index (Phi) is 6.17. The van der Waals surface area contributed by atoms with Gasteiger partial charge in [0.15, 0.2) is 0 Å². The van der Waals surface area contributed by atoms with Crippen LogP contribution in [-0.4, -0.2) is 69.9 Å². The number of halogens is 3. The summed E-state index contributed by atoms with van der Waals surface area (Å²) in [4.78, 5) is 15.3. The quantitative estimate of drug-likeness (QED) is 0.553. The van der Waals surface area contributed by atoms with Crippen molar-refractivity contribution in [1.82, 2.24) is 29.4 Å². The summed E-state index contributed by atoms with van der Waals surface area (Å²) >= 11 is 0.